The molecule has 5 aromatic rings. The lowest BCUT2D eigenvalue weighted by Gasteiger charge is -1.90. The van der Waals surface area contributed by atoms with Gasteiger partial charge >= 0.3 is 0 Å². The lowest BCUT2D eigenvalue weighted by Crippen LogP contribution is -1.62. The van der Waals surface area contributed by atoms with Crippen LogP contribution in [0.4, 0.5) is 0 Å². The Morgan fingerprint density at radius 3 is 2.24 bits per heavy atom. The van der Waals surface area contributed by atoms with Crippen molar-refractivity contribution in [3.05, 3.63) is 70.7 Å². The van der Waals surface area contributed by atoms with Crippen LogP contribution in [0.5, 0.6) is 0 Å². The number of thiophene rings is 3. The predicted molar refractivity (Wildman–Crippen MR) is 99.0 cm³/mol. The van der Waals surface area contributed by atoms with Crippen LogP contribution in [0, 0.1) is 0 Å². The van der Waals surface area contributed by atoms with Gasteiger partial charge in [0, 0.05) is 19.5 Å². The molecule has 0 aliphatic carbocycles. The molecule has 0 unspecified atom stereocenters. The van der Waals surface area contributed by atoms with Gasteiger partial charge in [-0.1, -0.05) is 24.3 Å². The quantitative estimate of drug-likeness (QED) is 0.287. The summed E-state index contributed by atoms with van der Waals surface area (Å²) in [6, 6.07) is 19.3. The van der Waals surface area contributed by atoms with Crippen molar-refractivity contribution < 1.29 is 0 Å². The van der Waals surface area contributed by atoms with Gasteiger partial charge in [-0.05, 0) is 57.2 Å². The number of rotatable bonds is 0. The molecule has 0 saturated heterocycles. The first kappa shape index (κ1) is 13.0. The highest BCUT2D eigenvalue weighted by molar-refractivity contribution is 7.21. The van der Waals surface area contributed by atoms with E-state index in [-0.39, 0.29) is 0 Å². The van der Waals surface area contributed by atoms with Gasteiger partial charge in [0.05, 0.1) is 0 Å². The fourth-order valence-electron chi connectivity index (χ4n) is 2.38. The van der Waals surface area contributed by atoms with Crippen LogP contribution in [0.25, 0.3) is 30.3 Å². The van der Waals surface area contributed by atoms with Gasteiger partial charge in [-0.2, -0.15) is 0 Å². The molecular formula is C18H12S3. The van der Waals surface area contributed by atoms with Crippen LogP contribution in [0.1, 0.15) is 0 Å². The van der Waals surface area contributed by atoms with Crippen molar-refractivity contribution in [3.8, 4) is 0 Å². The maximum absolute atomic E-state index is 2.21. The van der Waals surface area contributed by atoms with Crippen LogP contribution in [0.15, 0.2) is 70.7 Å². The van der Waals surface area contributed by atoms with Crippen LogP contribution in [0.3, 0.4) is 0 Å². The number of benzene rings is 2. The van der Waals surface area contributed by atoms with Gasteiger partial charge < -0.3 is 0 Å². The monoisotopic (exact) mass is 324 g/mol. The molecule has 0 fully saturated rings. The topological polar surface area (TPSA) is 0 Å². The van der Waals surface area contributed by atoms with Gasteiger partial charge in [0.25, 0.3) is 0 Å². The van der Waals surface area contributed by atoms with E-state index in [0.717, 1.165) is 0 Å². The molecule has 3 aromatic heterocycles. The molecule has 3 heterocycles. The zero-order chi connectivity index (χ0) is 14.1. The molecule has 0 bridgehead atoms. The summed E-state index contributed by atoms with van der Waals surface area (Å²) in [4.78, 5) is 0. The minimum Gasteiger partial charge on any atom is -0.144 e. The minimum atomic E-state index is 1.35. The third-order valence-corrected chi connectivity index (χ3v) is 6.15. The van der Waals surface area contributed by atoms with Gasteiger partial charge in [-0.3, -0.25) is 0 Å². The molecule has 0 N–H and O–H groups in total. The molecule has 0 amide bonds. The molecule has 2 aromatic carbocycles. The molecule has 3 heteroatoms. The van der Waals surface area contributed by atoms with Gasteiger partial charge in [0.15, 0.2) is 0 Å². The Balaban J connectivity index is 0.000000115. The zero-order valence-electron chi connectivity index (χ0n) is 11.2. The standard InChI is InChI=1S/C10H6S2.C8H6S/c1-2-9-8(4-6-11-9)10-7(1)3-5-12-10;1-2-4-8-7(3-1)5-6-9-8/h1-6H;1-6H. The summed E-state index contributed by atoms with van der Waals surface area (Å²) in [5.74, 6) is 0. The van der Waals surface area contributed by atoms with Crippen molar-refractivity contribution in [2.45, 2.75) is 0 Å². The Morgan fingerprint density at radius 1 is 0.524 bits per heavy atom. The summed E-state index contributed by atoms with van der Waals surface area (Å²) in [6.45, 7) is 0. The SMILES string of the molecule is c1cc2c(ccc3ccsc32)s1.c1ccc2sccc2c1. The summed E-state index contributed by atoms with van der Waals surface area (Å²) in [5, 5.41) is 10.6. The highest BCUT2D eigenvalue weighted by atomic mass is 32.1. The van der Waals surface area contributed by atoms with Gasteiger partial charge in [0.2, 0.25) is 0 Å². The molecule has 0 aliphatic heterocycles. The number of hydrogen-bond acceptors (Lipinski definition) is 3. The predicted octanol–water partition coefficient (Wildman–Crippen LogP) is 7.02. The average Bonchev–Trinajstić information content (AvgIpc) is 3.26. The number of hydrogen-bond donors (Lipinski definition) is 0. The van der Waals surface area contributed by atoms with Crippen molar-refractivity contribution in [2.75, 3.05) is 0 Å². The van der Waals surface area contributed by atoms with Crippen LogP contribution >= 0.6 is 34.0 Å². The van der Waals surface area contributed by atoms with E-state index in [0.29, 0.717) is 0 Å². The molecule has 21 heavy (non-hydrogen) atoms. The zero-order valence-corrected chi connectivity index (χ0v) is 13.6. The molecule has 0 atom stereocenters. The summed E-state index contributed by atoms with van der Waals surface area (Å²) >= 11 is 5.43. The summed E-state index contributed by atoms with van der Waals surface area (Å²) < 4.78 is 4.19. The second-order valence-electron chi connectivity index (χ2n) is 4.70. The van der Waals surface area contributed by atoms with Gasteiger partial charge in [-0.25, -0.2) is 0 Å². The van der Waals surface area contributed by atoms with Crippen molar-refractivity contribution in [1.29, 1.82) is 0 Å². The summed E-state index contributed by atoms with van der Waals surface area (Å²) in [7, 11) is 0. The highest BCUT2D eigenvalue weighted by Crippen LogP contribution is 2.32. The lowest BCUT2D eigenvalue weighted by molar-refractivity contribution is 1.86. The maximum Gasteiger partial charge on any atom is 0.0429 e. The molecule has 0 saturated carbocycles. The first-order valence-corrected chi connectivity index (χ1v) is 9.31. The first-order chi connectivity index (χ1) is 10.4. The second-order valence-corrected chi connectivity index (χ2v) is 7.51. The third kappa shape index (κ3) is 2.48. The Labute approximate surface area is 134 Å². The van der Waals surface area contributed by atoms with Crippen LogP contribution in [-0.4, -0.2) is 0 Å². The number of fused-ring (bicyclic) bond motifs is 4. The molecule has 0 spiro atoms. The van der Waals surface area contributed by atoms with Crippen molar-refractivity contribution in [1.82, 2.24) is 0 Å². The van der Waals surface area contributed by atoms with Crippen molar-refractivity contribution in [2.24, 2.45) is 0 Å². The normalized spacial score (nSPS) is 10.9. The maximum atomic E-state index is 2.21. The van der Waals surface area contributed by atoms with E-state index in [4.69, 9.17) is 0 Å². The Morgan fingerprint density at radius 2 is 1.29 bits per heavy atom. The molecule has 0 aliphatic rings. The molecule has 5 rings (SSSR count). The average molecular weight is 324 g/mol. The summed E-state index contributed by atoms with van der Waals surface area (Å²) in [6.07, 6.45) is 0. The van der Waals surface area contributed by atoms with Gasteiger partial charge in [-0.15, -0.1) is 34.0 Å². The second kappa shape index (κ2) is 5.60. The van der Waals surface area contributed by atoms with Crippen molar-refractivity contribution >= 4 is 64.3 Å². The van der Waals surface area contributed by atoms with Crippen LogP contribution in [0.2, 0.25) is 0 Å². The summed E-state index contributed by atoms with van der Waals surface area (Å²) in [5.41, 5.74) is 0. The highest BCUT2D eigenvalue weighted by Gasteiger charge is 2.00. The Bertz CT molecular complexity index is 921. The molecule has 102 valence electrons. The van der Waals surface area contributed by atoms with E-state index in [1.807, 2.05) is 22.7 Å². The fourth-order valence-corrected chi connectivity index (χ4v) is 4.96. The molecular weight excluding hydrogens is 312 g/mol. The van der Waals surface area contributed by atoms with Gasteiger partial charge in [0.1, 0.15) is 0 Å². The van der Waals surface area contributed by atoms with E-state index in [1.165, 1.54) is 30.3 Å². The van der Waals surface area contributed by atoms with Crippen LogP contribution < -0.4 is 0 Å². The van der Waals surface area contributed by atoms with E-state index < -0.39 is 0 Å². The minimum absolute atomic E-state index is 1.35. The fraction of sp³-hybridized carbons (Fsp3) is 0. The van der Waals surface area contributed by atoms with Crippen molar-refractivity contribution in [3.63, 3.8) is 0 Å². The lowest BCUT2D eigenvalue weighted by atomic mass is 10.2. The molecule has 0 nitrogen and oxygen atoms in total. The molecule has 0 radical (unpaired) electrons. The van der Waals surface area contributed by atoms with E-state index in [1.54, 1.807) is 11.3 Å². The third-order valence-electron chi connectivity index (χ3n) is 3.41. The van der Waals surface area contributed by atoms with E-state index >= 15 is 0 Å². The smallest absolute Gasteiger partial charge is 0.0429 e. The van der Waals surface area contributed by atoms with E-state index in [2.05, 4.69) is 70.7 Å². The largest absolute Gasteiger partial charge is 0.144 e. The van der Waals surface area contributed by atoms with E-state index in [9.17, 15) is 0 Å². The Kier molecular flexibility index (Phi) is 3.47. The Hall–Kier alpha value is -1.68. The first-order valence-electron chi connectivity index (χ1n) is 6.67. The van der Waals surface area contributed by atoms with Crippen LogP contribution in [-0.2, 0) is 0 Å².